The summed E-state index contributed by atoms with van der Waals surface area (Å²) in [7, 11) is 0. The molecule has 0 fully saturated rings. The van der Waals surface area contributed by atoms with Crippen LogP contribution in [-0.4, -0.2) is 9.97 Å². The van der Waals surface area contributed by atoms with E-state index >= 15 is 0 Å². The highest BCUT2D eigenvalue weighted by Crippen LogP contribution is 2.29. The Morgan fingerprint density at radius 1 is 0.913 bits per heavy atom. The second kappa shape index (κ2) is 5.90. The molecule has 0 aliphatic carbocycles. The summed E-state index contributed by atoms with van der Waals surface area (Å²) >= 11 is 0. The summed E-state index contributed by atoms with van der Waals surface area (Å²) in [5, 5.41) is 0. The fourth-order valence-electron chi connectivity index (χ4n) is 1.68. The van der Waals surface area contributed by atoms with E-state index in [0.717, 1.165) is 30.3 Å². The number of nitrogens with one attached hydrogen (secondary N) is 1. The summed E-state index contributed by atoms with van der Waals surface area (Å²) in [4.78, 5) is 16.0. The Morgan fingerprint density at radius 3 is 2.04 bits per heavy atom. The predicted octanol–water partition coefficient (Wildman–Crippen LogP) is 3.98. The molecule has 1 aromatic carbocycles. The van der Waals surface area contributed by atoms with Crippen molar-refractivity contribution >= 4 is 12.2 Å². The first-order valence-corrected chi connectivity index (χ1v) is 6.09. The molecular formula is C14H8F6N2O. The van der Waals surface area contributed by atoms with Gasteiger partial charge in [0.15, 0.2) is 0 Å². The first-order chi connectivity index (χ1) is 10.6. The molecule has 1 N–H and O–H groups in total. The molecule has 0 aliphatic heterocycles. The third-order valence-electron chi connectivity index (χ3n) is 2.75. The van der Waals surface area contributed by atoms with Crippen LogP contribution in [-0.2, 0) is 12.4 Å². The molecule has 0 unspecified atom stereocenters. The van der Waals surface area contributed by atoms with Gasteiger partial charge in [0.25, 0.3) is 0 Å². The Bertz CT molecular complexity index is 772. The number of aromatic amines is 1. The van der Waals surface area contributed by atoms with Crippen LogP contribution in [0.25, 0.3) is 12.2 Å². The molecule has 0 saturated heterocycles. The van der Waals surface area contributed by atoms with Gasteiger partial charge in [-0.2, -0.15) is 31.3 Å². The van der Waals surface area contributed by atoms with Crippen LogP contribution >= 0.6 is 0 Å². The van der Waals surface area contributed by atoms with Crippen LogP contribution in [0.5, 0.6) is 0 Å². The van der Waals surface area contributed by atoms with Gasteiger partial charge in [-0.3, -0.25) is 0 Å². The van der Waals surface area contributed by atoms with Gasteiger partial charge in [0.1, 0.15) is 5.69 Å². The average Bonchev–Trinajstić information content (AvgIpc) is 2.43. The van der Waals surface area contributed by atoms with Gasteiger partial charge in [0, 0.05) is 0 Å². The Hall–Kier alpha value is -2.58. The maximum absolute atomic E-state index is 12.5. The first-order valence-electron chi connectivity index (χ1n) is 6.09. The molecule has 0 aliphatic rings. The fraction of sp³-hybridized carbons (Fsp3) is 0.143. The van der Waals surface area contributed by atoms with E-state index in [1.165, 1.54) is 6.08 Å². The summed E-state index contributed by atoms with van der Waals surface area (Å²) in [6.45, 7) is 0. The number of alkyl halides is 6. The maximum atomic E-state index is 12.5. The molecule has 0 amide bonds. The molecular weight excluding hydrogens is 326 g/mol. The quantitative estimate of drug-likeness (QED) is 0.845. The molecule has 0 spiro atoms. The lowest BCUT2D eigenvalue weighted by Gasteiger charge is -2.06. The van der Waals surface area contributed by atoms with Crippen molar-refractivity contribution in [3.63, 3.8) is 0 Å². The standard InChI is InChI=1S/C14H8F6N2O/c15-13(16,17)9-4-1-8(2-5-9)3-6-10-7-11(14(18,19)20)22-12(23)21-10/h1-7H,(H,21,22,23). The number of hydrogen-bond donors (Lipinski definition) is 1. The molecule has 9 heteroatoms. The van der Waals surface area contributed by atoms with Crippen molar-refractivity contribution in [2.45, 2.75) is 12.4 Å². The minimum Gasteiger partial charge on any atom is -0.302 e. The topological polar surface area (TPSA) is 45.8 Å². The average molecular weight is 334 g/mol. The third-order valence-corrected chi connectivity index (χ3v) is 2.75. The van der Waals surface area contributed by atoms with Crippen molar-refractivity contribution in [1.82, 2.24) is 9.97 Å². The highest BCUT2D eigenvalue weighted by Gasteiger charge is 2.32. The molecule has 1 heterocycles. The maximum Gasteiger partial charge on any atom is 0.431 e. The van der Waals surface area contributed by atoms with Crippen LogP contribution in [0, 0.1) is 0 Å². The van der Waals surface area contributed by atoms with E-state index in [9.17, 15) is 31.1 Å². The summed E-state index contributed by atoms with van der Waals surface area (Å²) in [6, 6.07) is 4.61. The monoisotopic (exact) mass is 334 g/mol. The summed E-state index contributed by atoms with van der Waals surface area (Å²) in [5.41, 5.74) is -3.23. The van der Waals surface area contributed by atoms with Crippen molar-refractivity contribution in [2.24, 2.45) is 0 Å². The molecule has 0 saturated carbocycles. The van der Waals surface area contributed by atoms with E-state index in [0.29, 0.717) is 11.6 Å². The minimum absolute atomic E-state index is 0.263. The zero-order valence-electron chi connectivity index (χ0n) is 11.2. The highest BCUT2D eigenvalue weighted by atomic mass is 19.4. The molecule has 3 nitrogen and oxygen atoms in total. The number of aromatic nitrogens is 2. The van der Waals surface area contributed by atoms with E-state index in [4.69, 9.17) is 0 Å². The Kier molecular flexibility index (Phi) is 4.31. The zero-order chi connectivity index (χ0) is 17.3. The van der Waals surface area contributed by atoms with Gasteiger partial charge in [-0.1, -0.05) is 18.2 Å². The number of hydrogen-bond acceptors (Lipinski definition) is 2. The normalized spacial score (nSPS) is 12.8. The molecule has 2 rings (SSSR count). The SMILES string of the molecule is O=c1nc(C=Cc2ccc(C(F)(F)F)cc2)cc(C(F)(F)F)[nH]1. The highest BCUT2D eigenvalue weighted by molar-refractivity contribution is 5.68. The van der Waals surface area contributed by atoms with E-state index in [1.54, 1.807) is 4.98 Å². The predicted molar refractivity (Wildman–Crippen MR) is 70.2 cm³/mol. The lowest BCUT2D eigenvalue weighted by atomic mass is 10.1. The van der Waals surface area contributed by atoms with E-state index in [2.05, 4.69) is 4.98 Å². The van der Waals surface area contributed by atoms with Gasteiger partial charge >= 0.3 is 18.0 Å². The summed E-state index contributed by atoms with van der Waals surface area (Å²) in [6.07, 6.45) is -6.85. The third kappa shape index (κ3) is 4.44. The van der Waals surface area contributed by atoms with Crippen molar-refractivity contribution < 1.29 is 26.3 Å². The van der Waals surface area contributed by atoms with Crippen LogP contribution in [0.15, 0.2) is 35.1 Å². The second-order valence-electron chi connectivity index (χ2n) is 4.48. The Morgan fingerprint density at radius 2 is 1.52 bits per heavy atom. The number of nitrogens with zero attached hydrogens (tertiary/aromatic N) is 1. The molecule has 122 valence electrons. The summed E-state index contributed by atoms with van der Waals surface area (Å²) in [5.74, 6) is 0. The van der Waals surface area contributed by atoms with E-state index in [1.807, 2.05) is 0 Å². The van der Waals surface area contributed by atoms with Gasteiger partial charge in [0.2, 0.25) is 0 Å². The fourth-order valence-corrected chi connectivity index (χ4v) is 1.68. The largest absolute Gasteiger partial charge is 0.431 e. The lowest BCUT2D eigenvalue weighted by Crippen LogP contribution is -2.19. The van der Waals surface area contributed by atoms with Crippen molar-refractivity contribution in [2.75, 3.05) is 0 Å². The Labute approximate surface area is 125 Å². The minimum atomic E-state index is -4.74. The van der Waals surface area contributed by atoms with Crippen LogP contribution in [0.3, 0.4) is 0 Å². The van der Waals surface area contributed by atoms with Crippen molar-refractivity contribution in [3.05, 3.63) is 63.3 Å². The smallest absolute Gasteiger partial charge is 0.302 e. The van der Waals surface area contributed by atoms with Gasteiger partial charge in [0.05, 0.1) is 11.3 Å². The first kappa shape index (κ1) is 16.8. The van der Waals surface area contributed by atoms with Gasteiger partial charge < -0.3 is 4.98 Å². The Balaban J connectivity index is 2.27. The lowest BCUT2D eigenvalue weighted by molar-refractivity contribution is -0.141. The van der Waals surface area contributed by atoms with Gasteiger partial charge in [-0.15, -0.1) is 0 Å². The van der Waals surface area contributed by atoms with Crippen LogP contribution in [0.1, 0.15) is 22.5 Å². The molecule has 0 bridgehead atoms. The van der Waals surface area contributed by atoms with Crippen LogP contribution < -0.4 is 5.69 Å². The van der Waals surface area contributed by atoms with Gasteiger partial charge in [-0.05, 0) is 29.8 Å². The number of benzene rings is 1. The van der Waals surface area contributed by atoms with E-state index in [-0.39, 0.29) is 5.69 Å². The molecule has 1 aromatic heterocycles. The zero-order valence-corrected chi connectivity index (χ0v) is 11.2. The van der Waals surface area contributed by atoms with Crippen molar-refractivity contribution in [3.8, 4) is 0 Å². The molecule has 23 heavy (non-hydrogen) atoms. The number of rotatable bonds is 2. The summed E-state index contributed by atoms with van der Waals surface area (Å²) < 4.78 is 74.8. The van der Waals surface area contributed by atoms with Crippen molar-refractivity contribution in [1.29, 1.82) is 0 Å². The van der Waals surface area contributed by atoms with E-state index < -0.39 is 29.3 Å². The van der Waals surface area contributed by atoms with Gasteiger partial charge in [-0.25, -0.2) is 4.79 Å². The number of H-pyrrole nitrogens is 1. The van der Waals surface area contributed by atoms with Crippen LogP contribution in [0.4, 0.5) is 26.3 Å². The molecule has 0 atom stereocenters. The number of halogens is 6. The van der Waals surface area contributed by atoms with Crippen LogP contribution in [0.2, 0.25) is 0 Å². The molecule has 0 radical (unpaired) electrons. The molecule has 2 aromatic rings. The second-order valence-corrected chi connectivity index (χ2v) is 4.48.